The van der Waals surface area contributed by atoms with Crippen LogP contribution in [0.3, 0.4) is 0 Å². The Morgan fingerprint density at radius 3 is 2.82 bits per heavy atom. The molecule has 4 aliphatic rings. The van der Waals surface area contributed by atoms with Crippen LogP contribution in [0, 0.1) is 5.41 Å². The molecule has 1 saturated heterocycles. The predicted octanol–water partition coefficient (Wildman–Crippen LogP) is 0.152. The summed E-state index contributed by atoms with van der Waals surface area (Å²) >= 11 is 0. The minimum Gasteiger partial charge on any atom is -0.461 e. The maximum Gasteiger partial charge on any atom is 0.332 e. The molecule has 2 heterocycles. The van der Waals surface area contributed by atoms with E-state index >= 15 is 0 Å². The maximum atomic E-state index is 11.9. The molecular formula is C16H16O6. The highest BCUT2D eigenvalue weighted by Crippen LogP contribution is 2.58. The molecule has 5 atom stereocenters. The van der Waals surface area contributed by atoms with E-state index in [1.807, 2.05) is 0 Å². The van der Waals surface area contributed by atoms with Crippen LogP contribution in [0.2, 0.25) is 0 Å². The van der Waals surface area contributed by atoms with Gasteiger partial charge in [0.25, 0.3) is 0 Å². The van der Waals surface area contributed by atoms with Crippen LogP contribution in [-0.2, 0) is 19.1 Å². The minimum atomic E-state index is -1.12. The molecule has 4 rings (SSSR count). The Morgan fingerprint density at radius 2 is 2.00 bits per heavy atom. The molecule has 0 radical (unpaired) electrons. The van der Waals surface area contributed by atoms with Gasteiger partial charge in [-0.2, -0.15) is 0 Å². The summed E-state index contributed by atoms with van der Waals surface area (Å²) in [7, 11) is 0. The summed E-state index contributed by atoms with van der Waals surface area (Å²) < 4.78 is 11.0. The normalized spacial score (nSPS) is 45.9. The van der Waals surface area contributed by atoms with Crippen molar-refractivity contribution in [2.45, 2.75) is 43.2 Å². The minimum absolute atomic E-state index is 0.0616. The first-order valence-electron chi connectivity index (χ1n) is 7.33. The highest BCUT2D eigenvalue weighted by Gasteiger charge is 2.67. The second-order valence-corrected chi connectivity index (χ2v) is 6.34. The first kappa shape index (κ1) is 13.7. The van der Waals surface area contributed by atoms with Gasteiger partial charge in [-0.3, -0.25) is 4.79 Å². The van der Waals surface area contributed by atoms with Gasteiger partial charge in [0.15, 0.2) is 5.60 Å². The molecule has 0 bridgehead atoms. The standard InChI is InChI=1S/C16H16O6/c17-10-3-4-15(8-14(20)21-12(15)6-10)16-7-11(18)2-1-9(16)5-13(19)22-16/h1-5,10-12,17-18H,6-8H2/t10-,11-,12+,15-,16-/m1/s1. The van der Waals surface area contributed by atoms with E-state index in [1.54, 1.807) is 24.3 Å². The van der Waals surface area contributed by atoms with E-state index in [1.165, 1.54) is 6.08 Å². The van der Waals surface area contributed by atoms with Crippen LogP contribution in [0.25, 0.3) is 0 Å². The molecule has 6 nitrogen and oxygen atoms in total. The largest absolute Gasteiger partial charge is 0.461 e. The van der Waals surface area contributed by atoms with Gasteiger partial charge in [-0.15, -0.1) is 0 Å². The predicted molar refractivity (Wildman–Crippen MR) is 73.4 cm³/mol. The molecule has 0 spiro atoms. The highest BCUT2D eigenvalue weighted by molar-refractivity contribution is 5.89. The summed E-state index contributed by atoms with van der Waals surface area (Å²) in [5.74, 6) is -0.870. The molecule has 0 aromatic carbocycles. The zero-order valence-electron chi connectivity index (χ0n) is 11.8. The Bertz CT molecular complexity index is 647. The van der Waals surface area contributed by atoms with Crippen LogP contribution in [-0.4, -0.2) is 46.1 Å². The van der Waals surface area contributed by atoms with Crippen molar-refractivity contribution >= 4 is 11.9 Å². The van der Waals surface area contributed by atoms with Crippen molar-refractivity contribution < 1.29 is 29.3 Å². The van der Waals surface area contributed by atoms with Crippen molar-refractivity contribution in [2.24, 2.45) is 5.41 Å². The number of aliphatic hydroxyl groups excluding tert-OH is 2. The third-order valence-corrected chi connectivity index (χ3v) is 5.12. The van der Waals surface area contributed by atoms with E-state index in [9.17, 15) is 19.8 Å². The van der Waals surface area contributed by atoms with E-state index in [2.05, 4.69) is 0 Å². The second kappa shape index (κ2) is 4.30. The molecule has 0 unspecified atom stereocenters. The van der Waals surface area contributed by atoms with Gasteiger partial charge in [-0.05, 0) is 0 Å². The van der Waals surface area contributed by atoms with Crippen molar-refractivity contribution in [3.8, 4) is 0 Å². The van der Waals surface area contributed by atoms with Crippen molar-refractivity contribution in [2.75, 3.05) is 0 Å². The van der Waals surface area contributed by atoms with Crippen molar-refractivity contribution in [3.63, 3.8) is 0 Å². The highest BCUT2D eigenvalue weighted by atomic mass is 16.6. The average molecular weight is 304 g/mol. The fourth-order valence-electron chi connectivity index (χ4n) is 4.18. The number of aliphatic hydroxyl groups is 2. The number of carbonyl (C=O) groups is 2. The molecule has 2 N–H and O–H groups in total. The van der Waals surface area contributed by atoms with E-state index in [4.69, 9.17) is 9.47 Å². The van der Waals surface area contributed by atoms with Crippen LogP contribution in [0.4, 0.5) is 0 Å². The Hall–Kier alpha value is -1.92. The van der Waals surface area contributed by atoms with Crippen LogP contribution in [0.1, 0.15) is 19.3 Å². The Morgan fingerprint density at radius 1 is 1.18 bits per heavy atom. The molecule has 22 heavy (non-hydrogen) atoms. The molecule has 0 saturated carbocycles. The lowest BCUT2D eigenvalue weighted by Crippen LogP contribution is -2.57. The molecular weight excluding hydrogens is 288 g/mol. The molecule has 0 aromatic rings. The molecule has 6 heteroatoms. The SMILES string of the molecule is O=C1C=C2C=C[C@@H](O)C[C@@]2([C@@]23C=C[C@@H](O)C[C@@H]2OC(=O)C3)O1. The third-order valence-electron chi connectivity index (χ3n) is 5.12. The number of carbonyl (C=O) groups excluding carboxylic acids is 2. The monoisotopic (exact) mass is 304 g/mol. The summed E-state index contributed by atoms with van der Waals surface area (Å²) in [6, 6.07) is 0. The van der Waals surface area contributed by atoms with Gasteiger partial charge in [0.2, 0.25) is 0 Å². The first-order chi connectivity index (χ1) is 10.4. The number of esters is 2. The van der Waals surface area contributed by atoms with Crippen LogP contribution >= 0.6 is 0 Å². The topological polar surface area (TPSA) is 93.1 Å². The lowest BCUT2D eigenvalue weighted by molar-refractivity contribution is -0.165. The maximum absolute atomic E-state index is 11.9. The number of hydrogen-bond donors (Lipinski definition) is 2. The fraction of sp³-hybridized carbons (Fsp3) is 0.500. The summed E-state index contributed by atoms with van der Waals surface area (Å²) in [6.45, 7) is 0. The van der Waals surface area contributed by atoms with Gasteiger partial charge < -0.3 is 19.7 Å². The van der Waals surface area contributed by atoms with Crippen molar-refractivity contribution in [1.29, 1.82) is 0 Å². The van der Waals surface area contributed by atoms with Crippen LogP contribution < -0.4 is 0 Å². The summed E-state index contributed by atoms with van der Waals surface area (Å²) in [5, 5.41) is 19.9. The molecule has 116 valence electrons. The van der Waals surface area contributed by atoms with Crippen LogP contribution in [0.5, 0.6) is 0 Å². The van der Waals surface area contributed by atoms with E-state index in [0.29, 0.717) is 5.57 Å². The number of hydrogen-bond acceptors (Lipinski definition) is 6. The Balaban J connectivity index is 1.89. The number of ether oxygens (including phenoxy) is 2. The Kier molecular flexibility index (Phi) is 2.68. The van der Waals surface area contributed by atoms with E-state index < -0.39 is 35.3 Å². The molecule has 2 aliphatic carbocycles. The van der Waals surface area contributed by atoms with E-state index in [0.717, 1.165) is 0 Å². The van der Waals surface area contributed by atoms with Crippen molar-refractivity contribution in [1.82, 2.24) is 0 Å². The zero-order valence-corrected chi connectivity index (χ0v) is 11.8. The average Bonchev–Trinajstić information content (AvgIpc) is 2.95. The number of rotatable bonds is 1. The third kappa shape index (κ3) is 1.62. The van der Waals surface area contributed by atoms with Gasteiger partial charge in [0.1, 0.15) is 6.10 Å². The van der Waals surface area contributed by atoms with Gasteiger partial charge in [0.05, 0.1) is 24.0 Å². The lowest BCUT2D eigenvalue weighted by Gasteiger charge is -2.49. The molecule has 1 fully saturated rings. The van der Waals surface area contributed by atoms with Gasteiger partial charge in [-0.1, -0.05) is 24.3 Å². The fourth-order valence-corrected chi connectivity index (χ4v) is 4.18. The second-order valence-electron chi connectivity index (χ2n) is 6.34. The van der Waals surface area contributed by atoms with Gasteiger partial charge in [-0.25, -0.2) is 4.79 Å². The van der Waals surface area contributed by atoms with Gasteiger partial charge in [0, 0.05) is 24.5 Å². The first-order valence-corrected chi connectivity index (χ1v) is 7.33. The van der Waals surface area contributed by atoms with Crippen LogP contribution in [0.15, 0.2) is 36.0 Å². The zero-order chi connectivity index (χ0) is 15.5. The molecule has 2 aliphatic heterocycles. The Labute approximate surface area is 126 Å². The molecule has 0 aromatic heterocycles. The quantitative estimate of drug-likeness (QED) is 0.529. The number of fused-ring (bicyclic) bond motifs is 3. The van der Waals surface area contributed by atoms with Crippen molar-refractivity contribution in [3.05, 3.63) is 36.0 Å². The lowest BCUT2D eigenvalue weighted by atomic mass is 9.58. The summed E-state index contributed by atoms with van der Waals surface area (Å²) in [5.41, 5.74) is -1.36. The smallest absolute Gasteiger partial charge is 0.332 e. The summed E-state index contributed by atoms with van der Waals surface area (Å²) in [6.07, 6.45) is 6.47. The van der Waals surface area contributed by atoms with Gasteiger partial charge >= 0.3 is 11.9 Å². The molecule has 0 amide bonds. The summed E-state index contributed by atoms with van der Waals surface area (Å²) in [4.78, 5) is 23.8. The van der Waals surface area contributed by atoms with E-state index in [-0.39, 0.29) is 25.2 Å².